The fourth-order valence-electron chi connectivity index (χ4n) is 7.02. The Morgan fingerprint density at radius 2 is 1.65 bits per heavy atom. The van der Waals surface area contributed by atoms with Crippen LogP contribution in [0, 0.1) is 0 Å². The van der Waals surface area contributed by atoms with E-state index in [-0.39, 0.29) is 55.9 Å². The quantitative estimate of drug-likeness (QED) is 0.207. The summed E-state index contributed by atoms with van der Waals surface area (Å²) in [6, 6.07) is 31.5. The summed E-state index contributed by atoms with van der Waals surface area (Å²) in [5.41, 5.74) is 5.36. The molecule has 0 radical (unpaired) electrons. The zero-order chi connectivity index (χ0) is 33.9. The van der Waals surface area contributed by atoms with Gasteiger partial charge in [0.1, 0.15) is 18.0 Å². The maximum Gasteiger partial charge on any atom is 0.246 e. The number of hydrogen-bond acceptors (Lipinski definition) is 6. The minimum atomic E-state index is -0.857. The van der Waals surface area contributed by atoms with Gasteiger partial charge in [0.25, 0.3) is 0 Å². The highest BCUT2D eigenvalue weighted by atomic mass is 16.3. The van der Waals surface area contributed by atoms with Crippen LogP contribution >= 0.6 is 0 Å². The Morgan fingerprint density at radius 1 is 0.918 bits per heavy atom. The van der Waals surface area contributed by atoms with Crippen molar-refractivity contribution in [2.75, 3.05) is 19.6 Å². The number of hydrazine groups is 1. The molecule has 0 bridgehead atoms. The number of aromatic nitrogens is 2. The summed E-state index contributed by atoms with van der Waals surface area (Å²) in [5, 5.41) is 22.1. The molecule has 1 aromatic heterocycles. The van der Waals surface area contributed by atoms with Gasteiger partial charge in [0.15, 0.2) is 0 Å². The molecular weight excluding hydrogens is 616 g/mol. The van der Waals surface area contributed by atoms with Crippen LogP contribution in [-0.2, 0) is 33.8 Å². The lowest BCUT2D eigenvalue weighted by atomic mass is 9.97. The molecule has 7 rings (SSSR count). The van der Waals surface area contributed by atoms with Gasteiger partial charge in [-0.05, 0) is 35.2 Å². The minimum Gasteiger partial charge on any atom is -0.508 e. The van der Waals surface area contributed by atoms with E-state index in [1.165, 1.54) is 0 Å². The molecule has 0 aliphatic carbocycles. The number of benzene rings is 4. The first-order chi connectivity index (χ1) is 23.9. The summed E-state index contributed by atoms with van der Waals surface area (Å²) in [7, 11) is 0. The van der Waals surface area contributed by atoms with Gasteiger partial charge in [-0.2, -0.15) is 5.10 Å². The van der Waals surface area contributed by atoms with E-state index in [1.807, 2.05) is 78.9 Å². The van der Waals surface area contributed by atoms with Crippen LogP contribution in [0.2, 0.25) is 0 Å². The van der Waals surface area contributed by atoms with Crippen LogP contribution in [0.15, 0.2) is 116 Å². The number of phenolic OH excluding ortho intramolecular Hbond substituents is 1. The third-order valence-electron chi connectivity index (χ3n) is 9.35. The molecule has 248 valence electrons. The number of nitrogens with zero attached hydrogens (tertiary/aromatic N) is 5. The Hall–Kier alpha value is -5.74. The second-order valence-corrected chi connectivity index (χ2v) is 12.5. The highest BCUT2D eigenvalue weighted by Crippen LogP contribution is 2.32. The van der Waals surface area contributed by atoms with Crippen LogP contribution in [0.1, 0.15) is 23.1 Å². The Morgan fingerprint density at radius 3 is 2.39 bits per heavy atom. The molecule has 0 spiro atoms. The van der Waals surface area contributed by atoms with Crippen LogP contribution in [0.25, 0.3) is 22.2 Å². The third kappa shape index (κ3) is 6.42. The van der Waals surface area contributed by atoms with Gasteiger partial charge in [-0.1, -0.05) is 97.1 Å². The predicted molar refractivity (Wildman–Crippen MR) is 187 cm³/mol. The average molecular weight is 655 g/mol. The number of H-pyrrole nitrogens is 1. The molecule has 2 N–H and O–H groups in total. The lowest BCUT2D eigenvalue weighted by molar-refractivity contribution is -0.205. The van der Waals surface area contributed by atoms with Gasteiger partial charge in [-0.25, -0.2) is 10.0 Å². The molecule has 0 unspecified atom stereocenters. The highest BCUT2D eigenvalue weighted by Gasteiger charge is 2.51. The van der Waals surface area contributed by atoms with Gasteiger partial charge in [0, 0.05) is 36.9 Å². The van der Waals surface area contributed by atoms with Crippen molar-refractivity contribution in [3.63, 3.8) is 0 Å². The summed E-state index contributed by atoms with van der Waals surface area (Å²) < 4.78 is 0. The Bertz CT molecular complexity index is 1980. The zero-order valence-electron chi connectivity index (χ0n) is 27.1. The van der Waals surface area contributed by atoms with Crippen LogP contribution in [0.5, 0.6) is 5.75 Å². The van der Waals surface area contributed by atoms with Gasteiger partial charge in [0.05, 0.1) is 24.3 Å². The van der Waals surface area contributed by atoms with Crippen LogP contribution in [0.4, 0.5) is 0 Å². The smallest absolute Gasteiger partial charge is 0.246 e. The van der Waals surface area contributed by atoms with Crippen molar-refractivity contribution in [2.45, 2.75) is 38.0 Å². The van der Waals surface area contributed by atoms with Crippen molar-refractivity contribution in [1.29, 1.82) is 0 Å². The van der Waals surface area contributed by atoms with Crippen molar-refractivity contribution in [3.05, 3.63) is 132 Å². The van der Waals surface area contributed by atoms with Crippen LogP contribution in [-0.4, -0.2) is 84.7 Å². The zero-order valence-corrected chi connectivity index (χ0v) is 27.1. The molecule has 2 aliphatic heterocycles. The topological polar surface area (TPSA) is 113 Å². The molecule has 10 heteroatoms. The SMILES string of the molecule is C=CCN1CC(=O)N2[C@@H](Cc3ccc(O)cc3)C(=O)N(Cc3cccc4c(-c5ccccc5)[nH]nc34)C[C@@H]2N1C(=O)CCc1ccccc1. The number of rotatable bonds is 10. The number of aromatic amines is 1. The Kier molecular flexibility index (Phi) is 8.95. The second-order valence-electron chi connectivity index (χ2n) is 12.5. The number of nitrogens with one attached hydrogen (secondary N) is 1. The number of fused-ring (bicyclic) bond motifs is 2. The fourth-order valence-corrected chi connectivity index (χ4v) is 7.02. The molecule has 3 amide bonds. The fraction of sp³-hybridized carbons (Fsp3) is 0.231. The molecular formula is C39H38N6O4. The summed E-state index contributed by atoms with van der Waals surface area (Å²) in [6.45, 7) is 4.52. The number of piperazine rings is 1. The maximum atomic E-state index is 14.5. The van der Waals surface area contributed by atoms with Crippen molar-refractivity contribution in [3.8, 4) is 17.0 Å². The highest BCUT2D eigenvalue weighted by molar-refractivity contribution is 5.95. The number of amides is 3. The van der Waals surface area contributed by atoms with E-state index in [9.17, 15) is 19.5 Å². The lowest BCUT2D eigenvalue weighted by Gasteiger charge is -2.55. The average Bonchev–Trinajstić information content (AvgIpc) is 3.56. The molecule has 2 atom stereocenters. The summed E-state index contributed by atoms with van der Waals surface area (Å²) in [6.07, 6.45) is 1.98. The normalized spacial score (nSPS) is 18.2. The van der Waals surface area contributed by atoms with E-state index in [2.05, 4.69) is 16.8 Å². The molecule has 2 fully saturated rings. The van der Waals surface area contributed by atoms with Crippen LogP contribution < -0.4 is 0 Å². The number of carbonyl (C=O) groups is 3. The maximum absolute atomic E-state index is 14.5. The summed E-state index contributed by atoms with van der Waals surface area (Å²) >= 11 is 0. The van der Waals surface area contributed by atoms with Gasteiger partial charge in [-0.15, -0.1) is 6.58 Å². The first-order valence-corrected chi connectivity index (χ1v) is 16.5. The van der Waals surface area contributed by atoms with E-state index >= 15 is 0 Å². The molecule has 49 heavy (non-hydrogen) atoms. The van der Waals surface area contributed by atoms with Gasteiger partial charge in [-0.3, -0.25) is 19.5 Å². The van der Waals surface area contributed by atoms with Crippen LogP contribution in [0.3, 0.4) is 0 Å². The number of carbonyl (C=O) groups excluding carboxylic acids is 3. The first-order valence-electron chi connectivity index (χ1n) is 16.5. The van der Waals surface area contributed by atoms with E-state index in [4.69, 9.17) is 0 Å². The van der Waals surface area contributed by atoms with Gasteiger partial charge < -0.3 is 14.9 Å². The number of aryl methyl sites for hydroxylation is 1. The Labute approximate surface area is 284 Å². The molecule has 3 heterocycles. The second kappa shape index (κ2) is 13.8. The monoisotopic (exact) mass is 654 g/mol. The van der Waals surface area contributed by atoms with E-state index in [0.29, 0.717) is 13.0 Å². The van der Waals surface area contributed by atoms with E-state index in [0.717, 1.165) is 38.9 Å². The molecule has 2 aliphatic rings. The summed E-state index contributed by atoms with van der Waals surface area (Å²) in [4.78, 5) is 45.9. The first kappa shape index (κ1) is 31.8. The number of para-hydroxylation sites is 1. The van der Waals surface area contributed by atoms with Crippen molar-refractivity contribution in [1.82, 2.24) is 30.0 Å². The van der Waals surface area contributed by atoms with Crippen molar-refractivity contribution in [2.24, 2.45) is 0 Å². The standard InChI is InChI=1S/C39H38N6O4/c1-2-22-43-26-36(48)44-33(23-28-16-19-31(46)20-17-28)39(49)42(25-34(44)45(43)35(47)21-18-27-10-5-3-6-11-27)24-30-14-9-15-32-37(40-41-38(30)32)29-12-7-4-8-13-29/h2-17,19-20,33-34,46H,1,18,21-26H2,(H,40,41)/t33-,34-/m0/s1. The largest absolute Gasteiger partial charge is 0.508 e. The van der Waals surface area contributed by atoms with Crippen molar-refractivity contribution < 1.29 is 19.5 Å². The number of phenols is 1. The molecule has 5 aromatic rings. The van der Waals surface area contributed by atoms with Gasteiger partial charge in [0.2, 0.25) is 17.7 Å². The minimum absolute atomic E-state index is 0.0478. The molecule has 2 saturated heterocycles. The molecule has 10 nitrogen and oxygen atoms in total. The molecule has 0 saturated carbocycles. The van der Waals surface area contributed by atoms with E-state index in [1.54, 1.807) is 50.2 Å². The number of aromatic hydroxyl groups is 1. The van der Waals surface area contributed by atoms with E-state index < -0.39 is 12.2 Å². The van der Waals surface area contributed by atoms with Crippen molar-refractivity contribution >= 4 is 28.6 Å². The van der Waals surface area contributed by atoms with Gasteiger partial charge >= 0.3 is 0 Å². The lowest BCUT2D eigenvalue weighted by Crippen LogP contribution is -2.75. The molecule has 4 aromatic carbocycles. The summed E-state index contributed by atoms with van der Waals surface area (Å²) in [5.74, 6) is -0.447. The number of hydrogen-bond donors (Lipinski definition) is 2. The predicted octanol–water partition coefficient (Wildman–Crippen LogP) is 4.92. The third-order valence-corrected chi connectivity index (χ3v) is 9.35. The Balaban J connectivity index is 1.25.